The molecule has 0 unspecified atom stereocenters. The fourth-order valence-corrected chi connectivity index (χ4v) is 2.45. The summed E-state index contributed by atoms with van der Waals surface area (Å²) in [4.78, 5) is 26.9. The van der Waals surface area contributed by atoms with E-state index in [0.717, 1.165) is 10.9 Å². The average Bonchev–Trinajstić information content (AvgIpc) is 2.59. The second-order valence-electron chi connectivity index (χ2n) is 5.09. The van der Waals surface area contributed by atoms with Crippen LogP contribution in [0.25, 0.3) is 10.8 Å². The summed E-state index contributed by atoms with van der Waals surface area (Å²) in [6.45, 7) is 0.317. The van der Waals surface area contributed by atoms with Crippen molar-refractivity contribution in [1.82, 2.24) is 10.3 Å². The number of methoxy groups -OCH3 is 1. The van der Waals surface area contributed by atoms with Gasteiger partial charge in [0, 0.05) is 17.5 Å². The predicted octanol–water partition coefficient (Wildman–Crippen LogP) is 2.47. The lowest BCUT2D eigenvalue weighted by Crippen LogP contribution is -2.26. The summed E-state index contributed by atoms with van der Waals surface area (Å²) >= 11 is 0. The molecule has 3 aromatic rings. The molecule has 2 N–H and O–H groups in total. The Labute approximate surface area is 132 Å². The molecule has 2 aromatic carbocycles. The molecule has 0 spiro atoms. The first-order valence-electron chi connectivity index (χ1n) is 7.21. The number of hydrogen-bond donors (Lipinski definition) is 2. The minimum absolute atomic E-state index is 0.239. The lowest BCUT2D eigenvalue weighted by atomic mass is 10.1. The molecule has 0 radical (unpaired) electrons. The van der Waals surface area contributed by atoms with E-state index in [9.17, 15) is 9.59 Å². The minimum atomic E-state index is -0.334. The SMILES string of the molecule is COc1ccccc1CNC(=O)c1cc2ccccc2c(=O)[nH]1. The number of nitrogens with one attached hydrogen (secondary N) is 2. The highest BCUT2D eigenvalue weighted by atomic mass is 16.5. The van der Waals surface area contributed by atoms with Crippen molar-refractivity contribution in [2.45, 2.75) is 6.54 Å². The summed E-state index contributed by atoms with van der Waals surface area (Å²) in [7, 11) is 1.58. The van der Waals surface area contributed by atoms with Crippen LogP contribution in [0.4, 0.5) is 0 Å². The van der Waals surface area contributed by atoms with E-state index in [1.165, 1.54) is 0 Å². The van der Waals surface area contributed by atoms with Crippen LogP contribution < -0.4 is 15.6 Å². The minimum Gasteiger partial charge on any atom is -0.496 e. The van der Waals surface area contributed by atoms with Crippen LogP contribution in [0.15, 0.2) is 59.4 Å². The number of rotatable bonds is 4. The van der Waals surface area contributed by atoms with E-state index < -0.39 is 0 Å². The molecule has 0 aliphatic carbocycles. The number of pyridine rings is 1. The zero-order valence-corrected chi connectivity index (χ0v) is 12.6. The highest BCUT2D eigenvalue weighted by Gasteiger charge is 2.10. The molecule has 1 amide bonds. The Morgan fingerprint density at radius 2 is 1.87 bits per heavy atom. The van der Waals surface area contributed by atoms with Gasteiger partial charge in [0.2, 0.25) is 0 Å². The van der Waals surface area contributed by atoms with Crippen molar-refractivity contribution in [3.63, 3.8) is 0 Å². The van der Waals surface area contributed by atoms with E-state index in [4.69, 9.17) is 4.74 Å². The molecule has 0 aliphatic rings. The average molecular weight is 308 g/mol. The Hall–Kier alpha value is -3.08. The Morgan fingerprint density at radius 1 is 1.13 bits per heavy atom. The standard InChI is InChI=1S/C18H16N2O3/c1-23-16-9-5-3-7-13(16)11-19-18(22)15-10-12-6-2-4-8-14(12)17(21)20-15/h2-10H,11H2,1H3,(H,19,22)(H,20,21). The van der Waals surface area contributed by atoms with Crippen molar-refractivity contribution in [1.29, 1.82) is 0 Å². The van der Waals surface area contributed by atoms with E-state index >= 15 is 0 Å². The monoisotopic (exact) mass is 308 g/mol. The van der Waals surface area contributed by atoms with Crippen LogP contribution in [0.3, 0.4) is 0 Å². The van der Waals surface area contributed by atoms with Crippen molar-refractivity contribution in [3.8, 4) is 5.75 Å². The summed E-state index contributed by atoms with van der Waals surface area (Å²) in [6.07, 6.45) is 0. The Bertz CT molecular complexity index is 915. The number of H-pyrrole nitrogens is 1. The molecule has 3 rings (SSSR count). The molecule has 0 fully saturated rings. The predicted molar refractivity (Wildman–Crippen MR) is 88.7 cm³/mol. The first-order valence-corrected chi connectivity index (χ1v) is 7.21. The van der Waals surface area contributed by atoms with Gasteiger partial charge >= 0.3 is 0 Å². The molecule has 23 heavy (non-hydrogen) atoms. The van der Waals surface area contributed by atoms with Crippen LogP contribution in [-0.2, 0) is 6.54 Å². The molecule has 0 saturated carbocycles. The first-order chi connectivity index (χ1) is 11.2. The lowest BCUT2D eigenvalue weighted by molar-refractivity contribution is 0.0945. The zero-order chi connectivity index (χ0) is 16.2. The van der Waals surface area contributed by atoms with Gasteiger partial charge in [0.15, 0.2) is 0 Å². The number of para-hydroxylation sites is 1. The maximum atomic E-state index is 12.3. The fourth-order valence-electron chi connectivity index (χ4n) is 2.45. The lowest BCUT2D eigenvalue weighted by Gasteiger charge is -2.09. The van der Waals surface area contributed by atoms with Gasteiger partial charge < -0.3 is 15.0 Å². The molecule has 1 heterocycles. The summed E-state index contributed by atoms with van der Waals surface area (Å²) in [6, 6.07) is 16.3. The van der Waals surface area contributed by atoms with Crippen molar-refractivity contribution < 1.29 is 9.53 Å². The molecule has 0 saturated heterocycles. The van der Waals surface area contributed by atoms with Gasteiger partial charge in [-0.1, -0.05) is 36.4 Å². The highest BCUT2D eigenvalue weighted by Crippen LogP contribution is 2.17. The number of ether oxygens (including phenoxy) is 1. The van der Waals surface area contributed by atoms with Gasteiger partial charge in [-0.3, -0.25) is 9.59 Å². The third-order valence-corrected chi connectivity index (χ3v) is 3.63. The number of carbonyl (C=O) groups is 1. The van der Waals surface area contributed by atoms with Gasteiger partial charge in [0.25, 0.3) is 11.5 Å². The van der Waals surface area contributed by atoms with Gasteiger partial charge in [-0.15, -0.1) is 0 Å². The first kappa shape index (κ1) is 14.8. The molecular formula is C18H16N2O3. The molecule has 116 valence electrons. The number of amides is 1. The van der Waals surface area contributed by atoms with Crippen LogP contribution in [0, 0.1) is 0 Å². The number of aromatic amines is 1. The quantitative estimate of drug-likeness (QED) is 0.778. The normalized spacial score (nSPS) is 10.5. The van der Waals surface area contributed by atoms with Crippen LogP contribution in [0.2, 0.25) is 0 Å². The smallest absolute Gasteiger partial charge is 0.268 e. The molecule has 5 heteroatoms. The van der Waals surface area contributed by atoms with Crippen LogP contribution in [0.5, 0.6) is 5.75 Å². The van der Waals surface area contributed by atoms with Gasteiger partial charge in [-0.25, -0.2) is 0 Å². The molecular weight excluding hydrogens is 292 g/mol. The Balaban J connectivity index is 1.82. The second kappa shape index (κ2) is 6.36. The molecule has 1 aromatic heterocycles. The van der Waals surface area contributed by atoms with E-state index in [-0.39, 0.29) is 17.2 Å². The molecule has 0 bridgehead atoms. The van der Waals surface area contributed by atoms with Crippen LogP contribution in [-0.4, -0.2) is 18.0 Å². The summed E-state index contributed by atoms with van der Waals surface area (Å²) < 4.78 is 5.25. The molecule has 0 aliphatic heterocycles. The van der Waals surface area contributed by atoms with E-state index in [0.29, 0.717) is 17.7 Å². The van der Waals surface area contributed by atoms with Crippen molar-refractivity contribution >= 4 is 16.7 Å². The third-order valence-electron chi connectivity index (χ3n) is 3.63. The summed E-state index contributed by atoms with van der Waals surface area (Å²) in [5.74, 6) is 0.374. The number of benzene rings is 2. The Morgan fingerprint density at radius 3 is 2.70 bits per heavy atom. The number of aromatic nitrogens is 1. The zero-order valence-electron chi connectivity index (χ0n) is 12.6. The van der Waals surface area contributed by atoms with Gasteiger partial charge in [0.05, 0.1) is 7.11 Å². The topological polar surface area (TPSA) is 71.2 Å². The van der Waals surface area contributed by atoms with Gasteiger partial charge in [0.1, 0.15) is 11.4 Å². The Kier molecular flexibility index (Phi) is 4.10. The highest BCUT2D eigenvalue weighted by molar-refractivity contribution is 5.96. The van der Waals surface area contributed by atoms with E-state index in [1.807, 2.05) is 36.4 Å². The van der Waals surface area contributed by atoms with Crippen molar-refractivity contribution in [2.75, 3.05) is 7.11 Å². The van der Waals surface area contributed by atoms with E-state index in [1.54, 1.807) is 25.3 Å². The molecule has 5 nitrogen and oxygen atoms in total. The van der Waals surface area contributed by atoms with Gasteiger partial charge in [-0.05, 0) is 23.6 Å². The molecule has 0 atom stereocenters. The fraction of sp³-hybridized carbons (Fsp3) is 0.111. The van der Waals surface area contributed by atoms with Crippen LogP contribution in [0.1, 0.15) is 16.1 Å². The van der Waals surface area contributed by atoms with Crippen LogP contribution >= 0.6 is 0 Å². The second-order valence-corrected chi connectivity index (χ2v) is 5.09. The number of fused-ring (bicyclic) bond motifs is 1. The summed E-state index contributed by atoms with van der Waals surface area (Å²) in [5.41, 5.74) is 0.834. The van der Waals surface area contributed by atoms with Crippen molar-refractivity contribution in [3.05, 3.63) is 76.2 Å². The number of hydrogen-bond acceptors (Lipinski definition) is 3. The number of carbonyl (C=O) groups excluding carboxylic acids is 1. The maximum absolute atomic E-state index is 12.3. The van der Waals surface area contributed by atoms with Crippen molar-refractivity contribution in [2.24, 2.45) is 0 Å². The third kappa shape index (κ3) is 3.08. The van der Waals surface area contributed by atoms with E-state index in [2.05, 4.69) is 10.3 Å². The summed E-state index contributed by atoms with van der Waals surface area (Å²) in [5, 5.41) is 4.09. The largest absolute Gasteiger partial charge is 0.496 e. The maximum Gasteiger partial charge on any atom is 0.268 e. The van der Waals surface area contributed by atoms with Gasteiger partial charge in [-0.2, -0.15) is 0 Å².